The fraction of sp³-hybridized carbons (Fsp3) is 0.625. The zero-order chi connectivity index (χ0) is 12.1. The van der Waals surface area contributed by atoms with Crippen molar-refractivity contribution in [2.24, 2.45) is 5.92 Å². The Labute approximate surface area is 106 Å². The molecule has 0 saturated heterocycles. The van der Waals surface area contributed by atoms with Gasteiger partial charge in [-0.3, -0.25) is 0 Å². The fourth-order valence-corrected chi connectivity index (χ4v) is 2.29. The van der Waals surface area contributed by atoms with Gasteiger partial charge in [-0.05, 0) is 51.1 Å². The van der Waals surface area contributed by atoms with Crippen LogP contribution in [-0.2, 0) is 6.42 Å². The summed E-state index contributed by atoms with van der Waals surface area (Å²) in [4.78, 5) is 0. The third-order valence-corrected chi connectivity index (χ3v) is 3.69. The molecule has 0 heterocycles. The Bertz CT molecular complexity index is 341. The van der Waals surface area contributed by atoms with Gasteiger partial charge in [-0.2, -0.15) is 0 Å². The van der Waals surface area contributed by atoms with Crippen LogP contribution >= 0.6 is 0 Å². The largest absolute Gasteiger partial charge is 0.314 e. The van der Waals surface area contributed by atoms with Crippen molar-refractivity contribution in [3.63, 3.8) is 0 Å². The van der Waals surface area contributed by atoms with Gasteiger partial charge in [0, 0.05) is 6.04 Å². The van der Waals surface area contributed by atoms with Crippen LogP contribution in [0, 0.1) is 12.8 Å². The second-order valence-corrected chi connectivity index (χ2v) is 5.61. The van der Waals surface area contributed by atoms with E-state index in [1.165, 1.54) is 49.8 Å². The van der Waals surface area contributed by atoms with Crippen LogP contribution in [0.3, 0.4) is 0 Å². The van der Waals surface area contributed by atoms with Crippen LogP contribution in [0.1, 0.15) is 43.7 Å². The highest BCUT2D eigenvalue weighted by atomic mass is 14.9. The zero-order valence-corrected chi connectivity index (χ0v) is 11.2. The van der Waals surface area contributed by atoms with Crippen molar-refractivity contribution >= 4 is 0 Å². The van der Waals surface area contributed by atoms with Crippen molar-refractivity contribution in [2.45, 2.75) is 52.0 Å². The SMILES string of the molecule is Cc1cccc(CCC(C)NCCC2CC2)c1. The van der Waals surface area contributed by atoms with Crippen LogP contribution < -0.4 is 5.32 Å². The highest BCUT2D eigenvalue weighted by Crippen LogP contribution is 2.31. The van der Waals surface area contributed by atoms with Crippen molar-refractivity contribution in [1.82, 2.24) is 5.32 Å². The number of benzene rings is 1. The van der Waals surface area contributed by atoms with Crippen LogP contribution in [0.4, 0.5) is 0 Å². The summed E-state index contributed by atoms with van der Waals surface area (Å²) in [6, 6.07) is 9.52. The molecule has 1 aliphatic rings. The average Bonchev–Trinajstić information content (AvgIpc) is 3.11. The van der Waals surface area contributed by atoms with E-state index in [9.17, 15) is 0 Å². The summed E-state index contributed by atoms with van der Waals surface area (Å²) >= 11 is 0. The molecule has 1 saturated carbocycles. The number of rotatable bonds is 7. The highest BCUT2D eigenvalue weighted by molar-refractivity contribution is 5.22. The Morgan fingerprint density at radius 3 is 2.88 bits per heavy atom. The van der Waals surface area contributed by atoms with Crippen LogP contribution in [0.15, 0.2) is 24.3 Å². The first kappa shape index (κ1) is 12.6. The molecule has 0 aliphatic heterocycles. The Hall–Kier alpha value is -0.820. The number of hydrogen-bond donors (Lipinski definition) is 1. The van der Waals surface area contributed by atoms with E-state index in [4.69, 9.17) is 0 Å². The molecule has 0 spiro atoms. The van der Waals surface area contributed by atoms with Crippen molar-refractivity contribution < 1.29 is 0 Å². The van der Waals surface area contributed by atoms with E-state index >= 15 is 0 Å². The van der Waals surface area contributed by atoms with Crippen molar-refractivity contribution in [2.75, 3.05) is 6.54 Å². The van der Waals surface area contributed by atoms with E-state index in [0.29, 0.717) is 6.04 Å². The lowest BCUT2D eigenvalue weighted by Crippen LogP contribution is -2.27. The fourth-order valence-electron chi connectivity index (χ4n) is 2.29. The lowest BCUT2D eigenvalue weighted by atomic mass is 10.0. The quantitative estimate of drug-likeness (QED) is 0.754. The third-order valence-electron chi connectivity index (χ3n) is 3.69. The van der Waals surface area contributed by atoms with E-state index in [1.54, 1.807) is 0 Å². The van der Waals surface area contributed by atoms with Crippen molar-refractivity contribution in [1.29, 1.82) is 0 Å². The molecule has 1 heteroatoms. The maximum absolute atomic E-state index is 3.64. The second kappa shape index (κ2) is 6.20. The smallest absolute Gasteiger partial charge is 0.00418 e. The van der Waals surface area contributed by atoms with Gasteiger partial charge in [0.15, 0.2) is 0 Å². The molecule has 94 valence electrons. The number of aryl methyl sites for hydroxylation is 2. The molecule has 0 bridgehead atoms. The molecule has 1 unspecified atom stereocenters. The first-order valence-corrected chi connectivity index (χ1v) is 7.03. The molecule has 0 radical (unpaired) electrons. The molecule has 1 atom stereocenters. The minimum atomic E-state index is 0.647. The molecule has 17 heavy (non-hydrogen) atoms. The van der Waals surface area contributed by atoms with E-state index < -0.39 is 0 Å². The molecule has 1 fully saturated rings. The number of nitrogens with one attached hydrogen (secondary N) is 1. The monoisotopic (exact) mass is 231 g/mol. The Balaban J connectivity index is 1.62. The predicted molar refractivity (Wildman–Crippen MR) is 74.3 cm³/mol. The van der Waals surface area contributed by atoms with E-state index in [1.807, 2.05) is 0 Å². The minimum Gasteiger partial charge on any atom is -0.314 e. The molecule has 2 rings (SSSR count). The van der Waals surface area contributed by atoms with Crippen LogP contribution in [0.5, 0.6) is 0 Å². The summed E-state index contributed by atoms with van der Waals surface area (Å²) in [6.45, 7) is 5.68. The average molecular weight is 231 g/mol. The Morgan fingerprint density at radius 2 is 2.18 bits per heavy atom. The summed E-state index contributed by atoms with van der Waals surface area (Å²) in [6.07, 6.45) is 6.76. The van der Waals surface area contributed by atoms with Crippen LogP contribution in [-0.4, -0.2) is 12.6 Å². The first-order valence-electron chi connectivity index (χ1n) is 7.03. The minimum absolute atomic E-state index is 0.647. The maximum atomic E-state index is 3.64. The molecule has 0 aromatic heterocycles. The molecule has 1 nitrogen and oxygen atoms in total. The van der Waals surface area contributed by atoms with Gasteiger partial charge in [-0.1, -0.05) is 42.7 Å². The summed E-state index contributed by atoms with van der Waals surface area (Å²) < 4.78 is 0. The normalized spacial score (nSPS) is 17.1. The lowest BCUT2D eigenvalue weighted by molar-refractivity contribution is 0.495. The predicted octanol–water partition coefficient (Wildman–Crippen LogP) is 3.71. The summed E-state index contributed by atoms with van der Waals surface area (Å²) in [7, 11) is 0. The van der Waals surface area contributed by atoms with Gasteiger partial charge in [0.1, 0.15) is 0 Å². The lowest BCUT2D eigenvalue weighted by Gasteiger charge is -2.13. The van der Waals surface area contributed by atoms with Crippen molar-refractivity contribution in [3.8, 4) is 0 Å². The molecule has 1 aromatic carbocycles. The third kappa shape index (κ3) is 4.91. The van der Waals surface area contributed by atoms with Crippen molar-refractivity contribution in [3.05, 3.63) is 35.4 Å². The van der Waals surface area contributed by atoms with E-state index in [2.05, 4.69) is 43.4 Å². The first-order chi connectivity index (χ1) is 8.24. The van der Waals surface area contributed by atoms with Crippen LogP contribution in [0.2, 0.25) is 0 Å². The van der Waals surface area contributed by atoms with Gasteiger partial charge < -0.3 is 5.32 Å². The summed E-state index contributed by atoms with van der Waals surface area (Å²) in [5.41, 5.74) is 2.85. The highest BCUT2D eigenvalue weighted by Gasteiger charge is 2.20. The molecule has 1 aliphatic carbocycles. The Morgan fingerprint density at radius 1 is 1.35 bits per heavy atom. The summed E-state index contributed by atoms with van der Waals surface area (Å²) in [5.74, 6) is 1.05. The topological polar surface area (TPSA) is 12.0 Å². The molecule has 0 amide bonds. The maximum Gasteiger partial charge on any atom is 0.00418 e. The van der Waals surface area contributed by atoms with Crippen LogP contribution in [0.25, 0.3) is 0 Å². The second-order valence-electron chi connectivity index (χ2n) is 5.61. The van der Waals surface area contributed by atoms with Gasteiger partial charge in [0.05, 0.1) is 0 Å². The molecular weight excluding hydrogens is 206 g/mol. The van der Waals surface area contributed by atoms with Gasteiger partial charge in [0.25, 0.3) is 0 Å². The Kier molecular flexibility index (Phi) is 4.61. The molecule has 1 aromatic rings. The van der Waals surface area contributed by atoms with E-state index in [-0.39, 0.29) is 0 Å². The van der Waals surface area contributed by atoms with Gasteiger partial charge in [0.2, 0.25) is 0 Å². The summed E-state index contributed by atoms with van der Waals surface area (Å²) in [5, 5.41) is 3.64. The zero-order valence-electron chi connectivity index (χ0n) is 11.2. The van der Waals surface area contributed by atoms with Gasteiger partial charge in [-0.25, -0.2) is 0 Å². The molecule has 1 N–H and O–H groups in total. The standard InChI is InChI=1S/C16H25N/c1-13-4-3-5-16(12-13)7-6-14(2)17-11-10-15-8-9-15/h3-5,12,14-15,17H,6-11H2,1-2H3. The van der Waals surface area contributed by atoms with Gasteiger partial charge in [-0.15, -0.1) is 0 Å². The molecular formula is C16H25N. The van der Waals surface area contributed by atoms with Gasteiger partial charge >= 0.3 is 0 Å². The number of hydrogen-bond acceptors (Lipinski definition) is 1. The van der Waals surface area contributed by atoms with E-state index in [0.717, 1.165) is 5.92 Å².